The zero-order chi connectivity index (χ0) is 56.4. The van der Waals surface area contributed by atoms with Gasteiger partial charge in [-0.25, -0.2) is 0 Å². The highest BCUT2D eigenvalue weighted by atomic mass is 16.6. The van der Waals surface area contributed by atoms with E-state index in [9.17, 15) is 0 Å². The van der Waals surface area contributed by atoms with Gasteiger partial charge in [0.1, 0.15) is 0 Å². The Hall–Kier alpha value is -0.960. The van der Waals surface area contributed by atoms with Crippen molar-refractivity contribution in [3.05, 3.63) is 0 Å². The van der Waals surface area contributed by atoms with Crippen LogP contribution in [0.2, 0.25) is 0 Å². The first-order chi connectivity index (χ1) is 39.4. The predicted octanol–water partition coefficient (Wildman–Crippen LogP) is 3.38. The molecule has 0 fully saturated rings. The summed E-state index contributed by atoms with van der Waals surface area (Å²) in [7, 11) is 0. The average molecular weight is 1160 g/mol. The lowest BCUT2D eigenvalue weighted by molar-refractivity contribution is -0.0320. The minimum Gasteiger partial charge on any atom is -0.379 e. The summed E-state index contributed by atoms with van der Waals surface area (Å²) in [4.78, 5) is 0. The van der Waals surface area contributed by atoms with Crippen LogP contribution in [-0.2, 0) is 114 Å². The smallest absolute Gasteiger partial charge is 0.0701 e. The lowest BCUT2D eigenvalue weighted by Crippen LogP contribution is -2.16. The Morgan fingerprint density at radius 3 is 0.354 bits per heavy atom. The number of hydrogen-bond donors (Lipinski definition) is 0. The van der Waals surface area contributed by atoms with Crippen LogP contribution in [0.15, 0.2) is 0 Å². The van der Waals surface area contributed by atoms with Crippen molar-refractivity contribution in [3.8, 4) is 0 Å². The van der Waals surface area contributed by atoms with Crippen molar-refractivity contribution >= 4 is 0 Å². The van der Waals surface area contributed by atoms with Crippen LogP contribution in [0.1, 0.15) is 46.0 Å². The first kappa shape index (κ1) is 78.0. The monoisotopic (exact) mass is 1160 g/mol. The molecule has 0 atom stereocenters. The van der Waals surface area contributed by atoms with E-state index in [-0.39, 0.29) is 0 Å². The van der Waals surface area contributed by atoms with Crippen molar-refractivity contribution in [2.45, 2.75) is 46.0 Å². The summed E-state index contributed by atoms with van der Waals surface area (Å²) in [6.45, 7) is 29.3. The molecule has 0 saturated heterocycles. The van der Waals surface area contributed by atoms with Gasteiger partial charge in [0.2, 0.25) is 0 Å². The standard InChI is InChI=1S/C55H112O24/c1-3-5-6-7-8-9-57-12-13-59-16-17-61-20-21-63-24-25-65-28-29-67-32-33-69-36-37-71-40-41-73-44-45-75-48-49-77-52-53-79-55-54-78-51-50-76-47-46-74-43-42-72-39-38-70-35-34-68-31-30-66-27-26-64-23-22-62-19-18-60-15-14-58-11-10-56-4-2/h3-55H2,1-2H3. The van der Waals surface area contributed by atoms with Crippen molar-refractivity contribution in [3.63, 3.8) is 0 Å². The topological polar surface area (TPSA) is 222 Å². The minimum absolute atomic E-state index is 0.489. The van der Waals surface area contributed by atoms with Crippen LogP contribution in [0.5, 0.6) is 0 Å². The van der Waals surface area contributed by atoms with Gasteiger partial charge in [-0.05, 0) is 13.3 Å². The average Bonchev–Trinajstić information content (AvgIpc) is 3.46. The summed E-state index contributed by atoms with van der Waals surface area (Å²) < 4.78 is 132. The predicted molar refractivity (Wildman–Crippen MR) is 294 cm³/mol. The van der Waals surface area contributed by atoms with Crippen molar-refractivity contribution in [2.24, 2.45) is 0 Å². The fraction of sp³-hybridized carbons (Fsp3) is 1.00. The molecule has 0 aromatic heterocycles. The molecule has 476 valence electrons. The van der Waals surface area contributed by atoms with Crippen molar-refractivity contribution in [2.75, 3.05) is 317 Å². The van der Waals surface area contributed by atoms with Crippen LogP contribution >= 0.6 is 0 Å². The summed E-state index contributed by atoms with van der Waals surface area (Å²) in [6, 6.07) is 0. The van der Waals surface area contributed by atoms with E-state index in [1.54, 1.807) is 0 Å². The molecule has 0 N–H and O–H groups in total. The maximum atomic E-state index is 5.58. The fourth-order valence-corrected chi connectivity index (χ4v) is 6.01. The molecule has 0 unspecified atom stereocenters. The van der Waals surface area contributed by atoms with E-state index in [1.807, 2.05) is 6.92 Å². The molecule has 0 rings (SSSR count). The molecule has 0 saturated carbocycles. The van der Waals surface area contributed by atoms with Gasteiger partial charge in [-0.1, -0.05) is 32.6 Å². The third-order valence-electron chi connectivity index (χ3n) is 10.2. The van der Waals surface area contributed by atoms with E-state index in [0.717, 1.165) is 13.0 Å². The van der Waals surface area contributed by atoms with Gasteiger partial charge in [0.05, 0.1) is 304 Å². The van der Waals surface area contributed by atoms with Crippen LogP contribution in [0, 0.1) is 0 Å². The molecule has 0 radical (unpaired) electrons. The van der Waals surface area contributed by atoms with E-state index < -0.39 is 0 Å². The Kier molecular flexibility index (Phi) is 76.1. The SMILES string of the molecule is CCCCCCCOCCOCCOCCOCCOCCOCCOCCOCCOCCOCCOCCOCCOCCOCCOCCOCCOCCOCCOCCOCCOCCOCCOCCOCC. The third-order valence-corrected chi connectivity index (χ3v) is 10.2. The quantitative estimate of drug-likeness (QED) is 0.0797. The van der Waals surface area contributed by atoms with Gasteiger partial charge in [0.25, 0.3) is 0 Å². The Labute approximate surface area is 475 Å². The lowest BCUT2D eigenvalue weighted by atomic mass is 10.2. The number of unbranched alkanes of at least 4 members (excludes halogenated alkanes) is 4. The van der Waals surface area contributed by atoms with Crippen molar-refractivity contribution < 1.29 is 114 Å². The summed E-state index contributed by atoms with van der Waals surface area (Å²) in [5.74, 6) is 0. The van der Waals surface area contributed by atoms with Crippen LogP contribution in [-0.4, -0.2) is 317 Å². The first-order valence-corrected chi connectivity index (χ1v) is 29.3. The van der Waals surface area contributed by atoms with Crippen LogP contribution in [0.25, 0.3) is 0 Å². The summed E-state index contributed by atoms with van der Waals surface area (Å²) in [5, 5.41) is 0. The molecule has 0 bridgehead atoms. The van der Waals surface area contributed by atoms with E-state index in [2.05, 4.69) is 6.92 Å². The molecular weight excluding hydrogens is 1040 g/mol. The Morgan fingerprint density at radius 1 is 0.114 bits per heavy atom. The number of ether oxygens (including phenoxy) is 24. The first-order valence-electron chi connectivity index (χ1n) is 29.3. The molecule has 24 heteroatoms. The van der Waals surface area contributed by atoms with E-state index in [4.69, 9.17) is 114 Å². The van der Waals surface area contributed by atoms with Gasteiger partial charge in [0, 0.05) is 13.2 Å². The Bertz CT molecular complexity index is 959. The number of rotatable bonds is 76. The van der Waals surface area contributed by atoms with E-state index in [0.29, 0.717) is 311 Å². The molecule has 0 spiro atoms. The fourth-order valence-electron chi connectivity index (χ4n) is 6.01. The molecule has 0 amide bonds. The van der Waals surface area contributed by atoms with Crippen LogP contribution in [0.3, 0.4) is 0 Å². The normalized spacial score (nSPS) is 11.8. The van der Waals surface area contributed by atoms with Gasteiger partial charge in [-0.2, -0.15) is 0 Å². The largest absolute Gasteiger partial charge is 0.379 e. The Balaban J connectivity index is 3.08. The second kappa shape index (κ2) is 77.0. The molecule has 0 aromatic carbocycles. The van der Waals surface area contributed by atoms with E-state index in [1.165, 1.54) is 25.7 Å². The maximum Gasteiger partial charge on any atom is 0.0701 e. The zero-order valence-electron chi connectivity index (χ0n) is 49.3. The highest BCUT2D eigenvalue weighted by Gasteiger charge is 2.00. The highest BCUT2D eigenvalue weighted by molar-refractivity contribution is 4.44. The summed E-state index contributed by atoms with van der Waals surface area (Å²) in [5.41, 5.74) is 0. The lowest BCUT2D eigenvalue weighted by Gasteiger charge is -2.09. The summed E-state index contributed by atoms with van der Waals surface area (Å²) >= 11 is 0. The summed E-state index contributed by atoms with van der Waals surface area (Å²) in [6.07, 6.45) is 6.25. The van der Waals surface area contributed by atoms with Gasteiger partial charge in [-0.15, -0.1) is 0 Å². The van der Waals surface area contributed by atoms with Gasteiger partial charge in [-0.3, -0.25) is 0 Å². The highest BCUT2D eigenvalue weighted by Crippen LogP contribution is 2.02. The molecule has 0 aliphatic carbocycles. The van der Waals surface area contributed by atoms with Crippen molar-refractivity contribution in [1.29, 1.82) is 0 Å². The second-order valence-corrected chi connectivity index (χ2v) is 16.7. The van der Waals surface area contributed by atoms with Gasteiger partial charge < -0.3 is 114 Å². The van der Waals surface area contributed by atoms with Gasteiger partial charge in [0.15, 0.2) is 0 Å². The molecular formula is C55H112O24. The molecule has 24 nitrogen and oxygen atoms in total. The molecule has 79 heavy (non-hydrogen) atoms. The van der Waals surface area contributed by atoms with Crippen LogP contribution in [0.4, 0.5) is 0 Å². The van der Waals surface area contributed by atoms with Crippen molar-refractivity contribution in [1.82, 2.24) is 0 Å². The Morgan fingerprint density at radius 2 is 0.228 bits per heavy atom. The van der Waals surface area contributed by atoms with Gasteiger partial charge >= 0.3 is 0 Å². The minimum atomic E-state index is 0.489. The van der Waals surface area contributed by atoms with Crippen LogP contribution < -0.4 is 0 Å². The maximum absolute atomic E-state index is 5.58. The molecule has 0 heterocycles. The van der Waals surface area contributed by atoms with E-state index >= 15 is 0 Å². The number of hydrogen-bond acceptors (Lipinski definition) is 24. The zero-order valence-corrected chi connectivity index (χ0v) is 49.3. The molecule has 0 aliphatic heterocycles. The molecule has 0 aromatic rings. The molecule has 0 aliphatic rings. The second-order valence-electron chi connectivity index (χ2n) is 16.7. The third kappa shape index (κ3) is 77.0.